The lowest BCUT2D eigenvalue weighted by Crippen LogP contribution is -2.59. The Hall–Kier alpha value is -6.71. The number of aromatic nitrogens is 2. The summed E-state index contributed by atoms with van der Waals surface area (Å²) in [5, 5.41) is 33.7. The lowest BCUT2D eigenvalue weighted by molar-refractivity contribution is -0.135. The second-order valence-corrected chi connectivity index (χ2v) is 22.3. The number of nitrogens with zero attached hydrogens (tertiary/aromatic N) is 3. The monoisotopic (exact) mass is 1100 g/mol. The summed E-state index contributed by atoms with van der Waals surface area (Å²) in [6.45, 7) is 16.2. The van der Waals surface area contributed by atoms with Gasteiger partial charge in [0.1, 0.15) is 29.4 Å². The first-order chi connectivity index (χ1) is 38.2. The number of benzene rings is 3. The molecule has 3 aromatic carbocycles. The Balaban J connectivity index is 0.000000353. The summed E-state index contributed by atoms with van der Waals surface area (Å²) >= 11 is 0. The Morgan fingerprint density at radius 2 is 1.12 bits per heavy atom. The van der Waals surface area contributed by atoms with Crippen LogP contribution in [0.25, 0.3) is 0 Å². The van der Waals surface area contributed by atoms with Gasteiger partial charge in [0.05, 0.1) is 44.6 Å². The van der Waals surface area contributed by atoms with Crippen molar-refractivity contribution in [1.82, 2.24) is 41.5 Å². The van der Waals surface area contributed by atoms with E-state index in [0.29, 0.717) is 71.4 Å². The Kier molecular flexibility index (Phi) is 26.1. The van der Waals surface area contributed by atoms with E-state index in [-0.39, 0.29) is 60.3 Å². The van der Waals surface area contributed by atoms with E-state index in [4.69, 9.17) is 9.47 Å². The number of ketones is 2. The maximum atomic E-state index is 14.1. The first-order valence-electron chi connectivity index (χ1n) is 28.0. The summed E-state index contributed by atoms with van der Waals surface area (Å²) in [6.07, 6.45) is 6.73. The third-order valence-electron chi connectivity index (χ3n) is 13.8. The molecule has 80 heavy (non-hydrogen) atoms. The standard InChI is InChI=1S/C40H57N5O7.C20H26BN3O4/c1-27(2)22-32(36(47)40(5)26-52-40)42-39(50)34(24-30-14-10-7-11-15-30)44-38(49)33(23-28(3)4)43-37(48)31(17-16-29-12-8-6-9-13-29)41-35(46)25-45-18-20-51-21-19-45;1-14(2)10-16(21(27)28)12-19(25)17(11-15-6-4-3-5-7-15)24-20(26)18-13-22-8-9-23-18/h6-15,27-28,31-34H,16-26H2,1-5H3,(H,41,46)(H,42,50)(H,43,48)(H,44,49);3-9,13-14,16-17,27-28H,10-12H2,1-2H3,(H,24,26)/t31-,32-,33-,34-,40+;16-,17+/m01/s1. The highest BCUT2D eigenvalue weighted by Crippen LogP contribution is 2.30. The number of hydrogen-bond acceptors (Lipinski definition) is 14. The van der Waals surface area contributed by atoms with Crippen LogP contribution in [0.1, 0.15) is 108 Å². The van der Waals surface area contributed by atoms with E-state index in [9.17, 15) is 43.6 Å². The first-order valence-corrected chi connectivity index (χ1v) is 28.0. The molecule has 20 heteroatoms. The molecule has 7 N–H and O–H groups in total. The molecule has 2 aliphatic rings. The first kappa shape index (κ1) is 64.1. The number of carbonyl (C=O) groups is 7. The molecule has 7 atom stereocenters. The van der Waals surface area contributed by atoms with Crippen LogP contribution in [0.15, 0.2) is 110 Å². The van der Waals surface area contributed by atoms with Crippen molar-refractivity contribution in [2.24, 2.45) is 17.8 Å². The van der Waals surface area contributed by atoms with Crippen LogP contribution in [-0.4, -0.2) is 148 Å². The molecule has 4 aromatic rings. The number of hydrogen-bond donors (Lipinski definition) is 7. The molecule has 0 aliphatic carbocycles. The van der Waals surface area contributed by atoms with Gasteiger partial charge in [0.2, 0.25) is 23.6 Å². The molecular weight excluding hydrogens is 1020 g/mol. The number of amides is 5. The smallest absolute Gasteiger partial charge is 0.427 e. The molecule has 3 heterocycles. The van der Waals surface area contributed by atoms with Gasteiger partial charge < -0.3 is 46.1 Å². The second kappa shape index (κ2) is 32.5. The summed E-state index contributed by atoms with van der Waals surface area (Å²) in [7, 11) is -1.58. The quantitative estimate of drug-likeness (QED) is 0.0284. The predicted molar refractivity (Wildman–Crippen MR) is 305 cm³/mol. The van der Waals surface area contributed by atoms with Crippen LogP contribution >= 0.6 is 0 Å². The number of ether oxygens (including phenoxy) is 2. The number of morpholine rings is 1. The van der Waals surface area contributed by atoms with Crippen LogP contribution in [0.4, 0.5) is 0 Å². The van der Waals surface area contributed by atoms with Gasteiger partial charge in [0, 0.05) is 44.1 Å². The van der Waals surface area contributed by atoms with E-state index < -0.39 is 72.4 Å². The minimum Gasteiger partial charge on any atom is -0.427 e. The largest absolute Gasteiger partial charge is 0.455 e. The van der Waals surface area contributed by atoms with Crippen molar-refractivity contribution < 1.29 is 53.1 Å². The second-order valence-electron chi connectivity index (χ2n) is 22.3. The van der Waals surface area contributed by atoms with Crippen molar-refractivity contribution >= 4 is 48.2 Å². The van der Waals surface area contributed by atoms with Crippen LogP contribution in [0, 0.1) is 17.8 Å². The van der Waals surface area contributed by atoms with Crippen LogP contribution in [0.5, 0.6) is 0 Å². The highest BCUT2D eigenvalue weighted by Gasteiger charge is 2.50. The van der Waals surface area contributed by atoms with Gasteiger partial charge in [-0.15, -0.1) is 0 Å². The Bertz CT molecular complexity index is 2570. The van der Waals surface area contributed by atoms with Crippen molar-refractivity contribution in [3.8, 4) is 0 Å². The fourth-order valence-corrected chi connectivity index (χ4v) is 9.39. The highest BCUT2D eigenvalue weighted by atomic mass is 16.6. The zero-order chi connectivity index (χ0) is 58.2. The Morgan fingerprint density at radius 3 is 1.65 bits per heavy atom. The minimum absolute atomic E-state index is 0.0171. The summed E-state index contributed by atoms with van der Waals surface area (Å²) in [5.41, 5.74) is 1.93. The molecule has 432 valence electrons. The van der Waals surface area contributed by atoms with Crippen molar-refractivity contribution in [2.45, 2.75) is 141 Å². The zero-order valence-corrected chi connectivity index (χ0v) is 47.5. The van der Waals surface area contributed by atoms with Gasteiger partial charge in [-0.3, -0.25) is 43.4 Å². The van der Waals surface area contributed by atoms with Crippen molar-refractivity contribution in [1.29, 1.82) is 0 Å². The number of aryl methyl sites for hydroxylation is 1. The maximum absolute atomic E-state index is 14.1. The third-order valence-corrected chi connectivity index (χ3v) is 13.8. The molecule has 1 aromatic heterocycles. The number of nitrogens with one attached hydrogen (secondary N) is 5. The van der Waals surface area contributed by atoms with Crippen LogP contribution in [0.3, 0.4) is 0 Å². The van der Waals surface area contributed by atoms with E-state index in [1.807, 2.05) is 137 Å². The predicted octanol–water partition coefficient (Wildman–Crippen LogP) is 4.25. The molecule has 0 bridgehead atoms. The fraction of sp³-hybridized carbons (Fsp3) is 0.517. The molecule has 2 aliphatic heterocycles. The lowest BCUT2D eigenvalue weighted by Gasteiger charge is -2.29. The SMILES string of the molecule is CC(C)C[C@H](CC(=O)[C@H](Cc1ccccc1)NC(=O)c1cnccn1)B(O)O.CC(C)C[C@H](NC(=O)[C@H](CCc1ccccc1)NC(=O)CN1CCOCC1)C(=O)N[C@@H](Cc1ccccc1)C(=O)N[C@@H](CC(C)C)C(=O)[C@@]1(C)CO1. The van der Waals surface area contributed by atoms with Gasteiger partial charge in [-0.25, -0.2) is 4.98 Å². The molecular formula is C60H83BN8O11. The lowest BCUT2D eigenvalue weighted by atomic mass is 9.66. The molecule has 19 nitrogen and oxygen atoms in total. The molecule has 0 spiro atoms. The summed E-state index contributed by atoms with van der Waals surface area (Å²) in [4.78, 5) is 104. The molecule has 6 rings (SSSR count). The van der Waals surface area contributed by atoms with E-state index >= 15 is 0 Å². The van der Waals surface area contributed by atoms with Gasteiger partial charge in [-0.1, -0.05) is 133 Å². The molecule has 0 saturated carbocycles. The number of carbonyl (C=O) groups excluding carboxylic acids is 7. The van der Waals surface area contributed by atoms with E-state index in [1.165, 1.54) is 18.6 Å². The van der Waals surface area contributed by atoms with E-state index in [0.717, 1.165) is 16.7 Å². The minimum atomic E-state index is -1.58. The molecule has 0 radical (unpaired) electrons. The molecule has 5 amide bonds. The fourth-order valence-electron chi connectivity index (χ4n) is 9.39. The van der Waals surface area contributed by atoms with Crippen molar-refractivity contribution in [2.75, 3.05) is 39.5 Å². The summed E-state index contributed by atoms with van der Waals surface area (Å²) in [5.74, 6) is -2.95. The summed E-state index contributed by atoms with van der Waals surface area (Å²) in [6, 6.07) is 23.9. The van der Waals surface area contributed by atoms with Crippen LogP contribution in [-0.2, 0) is 57.5 Å². The topological polar surface area (TPSA) is 271 Å². The molecule has 2 fully saturated rings. The average molecular weight is 1100 g/mol. The number of Topliss-reactive ketones (excluding diaryl/α,β-unsaturated/α-hetero) is 2. The van der Waals surface area contributed by atoms with Gasteiger partial charge >= 0.3 is 7.12 Å². The van der Waals surface area contributed by atoms with Crippen LogP contribution in [0.2, 0.25) is 5.82 Å². The number of epoxide rings is 1. The number of rotatable bonds is 30. The normalized spacial score (nSPS) is 17.3. The van der Waals surface area contributed by atoms with E-state index in [1.54, 1.807) is 6.92 Å². The van der Waals surface area contributed by atoms with Crippen molar-refractivity contribution in [3.63, 3.8) is 0 Å². The molecule has 0 unspecified atom stereocenters. The highest BCUT2D eigenvalue weighted by molar-refractivity contribution is 6.43. The Morgan fingerprint density at radius 1 is 0.625 bits per heavy atom. The van der Waals surface area contributed by atoms with Crippen LogP contribution < -0.4 is 26.6 Å². The molecule has 2 saturated heterocycles. The third kappa shape index (κ3) is 22.4. The average Bonchev–Trinajstić information content (AvgIpc) is 4.26. The van der Waals surface area contributed by atoms with Gasteiger partial charge in [0.15, 0.2) is 11.6 Å². The van der Waals surface area contributed by atoms with E-state index in [2.05, 4.69) is 36.6 Å². The van der Waals surface area contributed by atoms with Crippen molar-refractivity contribution in [3.05, 3.63) is 132 Å². The van der Waals surface area contributed by atoms with Gasteiger partial charge in [-0.05, 0) is 79.9 Å². The maximum Gasteiger partial charge on any atom is 0.455 e. The summed E-state index contributed by atoms with van der Waals surface area (Å²) < 4.78 is 10.8. The van der Waals surface area contributed by atoms with Gasteiger partial charge in [-0.2, -0.15) is 0 Å². The van der Waals surface area contributed by atoms with Gasteiger partial charge in [0.25, 0.3) is 5.91 Å². The zero-order valence-electron chi connectivity index (χ0n) is 47.5. The Labute approximate surface area is 471 Å².